The van der Waals surface area contributed by atoms with Crippen LogP contribution in [0.1, 0.15) is 50.7 Å². The summed E-state index contributed by atoms with van der Waals surface area (Å²) in [6, 6.07) is 4.66. The molecule has 3 heteroatoms. The zero-order valence-corrected chi connectivity index (χ0v) is 11.7. The number of methoxy groups -OCH3 is 1. The van der Waals surface area contributed by atoms with Gasteiger partial charge in [0.1, 0.15) is 0 Å². The topological polar surface area (TPSA) is 29.5 Å². The molecule has 3 unspecified atom stereocenters. The third kappa shape index (κ3) is 3.27. The molecule has 2 rings (SSSR count). The molecule has 2 nitrogen and oxygen atoms in total. The Labute approximate surface area is 114 Å². The van der Waals surface area contributed by atoms with Gasteiger partial charge in [0.25, 0.3) is 0 Å². The zero-order valence-electron chi connectivity index (χ0n) is 11.7. The van der Waals surface area contributed by atoms with Crippen molar-refractivity contribution in [3.05, 3.63) is 29.6 Å². The lowest BCUT2D eigenvalue weighted by molar-refractivity contribution is 0.0675. The number of hydrogen-bond acceptors (Lipinski definition) is 2. The smallest absolute Gasteiger partial charge is 0.165 e. The van der Waals surface area contributed by atoms with Gasteiger partial charge in [-0.1, -0.05) is 32.3 Å². The van der Waals surface area contributed by atoms with Crippen LogP contribution in [0, 0.1) is 17.7 Å². The van der Waals surface area contributed by atoms with E-state index >= 15 is 0 Å². The molecule has 0 amide bonds. The summed E-state index contributed by atoms with van der Waals surface area (Å²) in [6.45, 7) is 2.21. The Kier molecular flexibility index (Phi) is 4.81. The molecule has 0 heterocycles. The summed E-state index contributed by atoms with van der Waals surface area (Å²) in [5, 5.41) is 10.5. The molecule has 1 aliphatic rings. The molecular formula is C16H23FO2. The predicted octanol–water partition coefficient (Wildman–Crippen LogP) is 4.08. The standard InChI is InChI=1S/C16H23FO2/c1-3-11-5-4-6-12(9-11)16(18)13-7-8-14(17)15(10-13)19-2/h7-8,10-12,16,18H,3-6,9H2,1-2H3. The maximum Gasteiger partial charge on any atom is 0.165 e. The Morgan fingerprint density at radius 3 is 2.89 bits per heavy atom. The van der Waals surface area contributed by atoms with E-state index in [1.54, 1.807) is 12.1 Å². The van der Waals surface area contributed by atoms with E-state index < -0.39 is 6.10 Å². The van der Waals surface area contributed by atoms with Crippen LogP contribution >= 0.6 is 0 Å². The Morgan fingerprint density at radius 2 is 2.21 bits per heavy atom. The Morgan fingerprint density at radius 1 is 1.42 bits per heavy atom. The summed E-state index contributed by atoms with van der Waals surface area (Å²) in [5.41, 5.74) is 0.764. The van der Waals surface area contributed by atoms with Crippen LogP contribution < -0.4 is 4.74 Å². The first-order chi connectivity index (χ1) is 9.15. The van der Waals surface area contributed by atoms with Crippen molar-refractivity contribution in [1.29, 1.82) is 0 Å². The summed E-state index contributed by atoms with van der Waals surface area (Å²) in [4.78, 5) is 0. The largest absolute Gasteiger partial charge is 0.494 e. The van der Waals surface area contributed by atoms with Crippen molar-refractivity contribution in [2.75, 3.05) is 7.11 Å². The molecule has 1 aliphatic carbocycles. The molecule has 1 saturated carbocycles. The molecule has 1 N–H and O–H groups in total. The first kappa shape index (κ1) is 14.3. The molecule has 0 aromatic heterocycles. The first-order valence-electron chi connectivity index (χ1n) is 7.17. The number of hydrogen-bond donors (Lipinski definition) is 1. The van der Waals surface area contributed by atoms with Crippen LogP contribution in [0.4, 0.5) is 4.39 Å². The number of halogens is 1. The van der Waals surface area contributed by atoms with E-state index in [1.165, 1.54) is 32.4 Å². The first-order valence-corrected chi connectivity index (χ1v) is 7.17. The summed E-state index contributed by atoms with van der Waals surface area (Å²) in [6.07, 6.45) is 5.24. The molecule has 0 radical (unpaired) electrons. The molecule has 19 heavy (non-hydrogen) atoms. The summed E-state index contributed by atoms with van der Waals surface area (Å²) in [5.74, 6) is 0.831. The lowest BCUT2D eigenvalue weighted by atomic mass is 9.76. The summed E-state index contributed by atoms with van der Waals surface area (Å²) in [7, 11) is 1.45. The second-order valence-electron chi connectivity index (χ2n) is 5.54. The number of benzene rings is 1. The van der Waals surface area contributed by atoms with Gasteiger partial charge in [-0.05, 0) is 42.4 Å². The molecule has 0 saturated heterocycles. The van der Waals surface area contributed by atoms with Crippen LogP contribution in [-0.2, 0) is 0 Å². The van der Waals surface area contributed by atoms with E-state index in [1.807, 2.05) is 0 Å². The van der Waals surface area contributed by atoms with E-state index in [4.69, 9.17) is 4.74 Å². The van der Waals surface area contributed by atoms with E-state index in [9.17, 15) is 9.50 Å². The van der Waals surface area contributed by atoms with E-state index in [0.29, 0.717) is 0 Å². The maximum atomic E-state index is 13.4. The quantitative estimate of drug-likeness (QED) is 0.889. The molecule has 1 aromatic carbocycles. The number of aliphatic hydroxyl groups is 1. The predicted molar refractivity (Wildman–Crippen MR) is 73.7 cm³/mol. The van der Waals surface area contributed by atoms with Crippen LogP contribution in [0.3, 0.4) is 0 Å². The fraction of sp³-hybridized carbons (Fsp3) is 0.625. The van der Waals surface area contributed by atoms with Crippen LogP contribution in [-0.4, -0.2) is 12.2 Å². The van der Waals surface area contributed by atoms with Crippen molar-refractivity contribution in [2.24, 2.45) is 11.8 Å². The molecule has 106 valence electrons. The molecule has 3 atom stereocenters. The number of ether oxygens (including phenoxy) is 1. The maximum absolute atomic E-state index is 13.4. The lowest BCUT2D eigenvalue weighted by Crippen LogP contribution is -2.21. The second-order valence-corrected chi connectivity index (χ2v) is 5.54. The minimum Gasteiger partial charge on any atom is -0.494 e. The highest BCUT2D eigenvalue weighted by molar-refractivity contribution is 5.31. The number of rotatable bonds is 4. The van der Waals surface area contributed by atoms with Gasteiger partial charge in [0.15, 0.2) is 11.6 Å². The van der Waals surface area contributed by atoms with Crippen molar-refractivity contribution in [1.82, 2.24) is 0 Å². The van der Waals surface area contributed by atoms with Gasteiger partial charge in [0.05, 0.1) is 13.2 Å². The van der Waals surface area contributed by atoms with Crippen molar-refractivity contribution >= 4 is 0 Å². The minimum absolute atomic E-state index is 0.208. The molecule has 0 aliphatic heterocycles. The van der Waals surface area contributed by atoms with Gasteiger partial charge < -0.3 is 9.84 Å². The Balaban J connectivity index is 2.12. The van der Waals surface area contributed by atoms with E-state index in [-0.39, 0.29) is 17.5 Å². The second kappa shape index (κ2) is 6.38. The van der Waals surface area contributed by atoms with Crippen LogP contribution in [0.5, 0.6) is 5.75 Å². The van der Waals surface area contributed by atoms with Gasteiger partial charge in [-0.2, -0.15) is 0 Å². The highest BCUT2D eigenvalue weighted by atomic mass is 19.1. The average Bonchev–Trinajstić information content (AvgIpc) is 2.47. The zero-order chi connectivity index (χ0) is 13.8. The van der Waals surface area contributed by atoms with Gasteiger partial charge in [-0.25, -0.2) is 4.39 Å². The molecule has 0 spiro atoms. The Hall–Kier alpha value is -1.09. The van der Waals surface area contributed by atoms with Gasteiger partial charge in [0.2, 0.25) is 0 Å². The fourth-order valence-electron chi connectivity index (χ4n) is 3.12. The van der Waals surface area contributed by atoms with E-state index in [2.05, 4.69) is 6.92 Å². The normalized spacial score (nSPS) is 25.1. The highest BCUT2D eigenvalue weighted by Gasteiger charge is 2.27. The highest BCUT2D eigenvalue weighted by Crippen LogP contribution is 2.39. The van der Waals surface area contributed by atoms with Crippen molar-refractivity contribution in [2.45, 2.75) is 45.1 Å². The Bertz CT molecular complexity index is 419. The molecule has 1 fully saturated rings. The SMILES string of the molecule is CCC1CCCC(C(O)c2ccc(F)c(OC)c2)C1. The van der Waals surface area contributed by atoms with Crippen LogP contribution in [0.2, 0.25) is 0 Å². The van der Waals surface area contributed by atoms with Gasteiger partial charge in [-0.15, -0.1) is 0 Å². The lowest BCUT2D eigenvalue weighted by Gasteiger charge is -2.32. The number of aliphatic hydroxyl groups excluding tert-OH is 1. The van der Waals surface area contributed by atoms with Crippen LogP contribution in [0.15, 0.2) is 18.2 Å². The molecule has 0 bridgehead atoms. The molecular weight excluding hydrogens is 243 g/mol. The molecule has 1 aromatic rings. The fourth-order valence-corrected chi connectivity index (χ4v) is 3.12. The van der Waals surface area contributed by atoms with Crippen molar-refractivity contribution < 1.29 is 14.2 Å². The average molecular weight is 266 g/mol. The van der Waals surface area contributed by atoms with Gasteiger partial charge >= 0.3 is 0 Å². The third-order valence-corrected chi connectivity index (χ3v) is 4.36. The summed E-state index contributed by atoms with van der Waals surface area (Å²) >= 11 is 0. The van der Waals surface area contributed by atoms with Gasteiger partial charge in [-0.3, -0.25) is 0 Å². The van der Waals surface area contributed by atoms with E-state index in [0.717, 1.165) is 24.3 Å². The van der Waals surface area contributed by atoms with Gasteiger partial charge in [0, 0.05) is 0 Å². The monoisotopic (exact) mass is 266 g/mol. The van der Waals surface area contributed by atoms with Crippen LogP contribution in [0.25, 0.3) is 0 Å². The van der Waals surface area contributed by atoms with Crippen molar-refractivity contribution in [3.63, 3.8) is 0 Å². The minimum atomic E-state index is -0.510. The van der Waals surface area contributed by atoms with Crippen molar-refractivity contribution in [3.8, 4) is 5.75 Å². The summed E-state index contributed by atoms with van der Waals surface area (Å²) < 4.78 is 18.4. The third-order valence-electron chi connectivity index (χ3n) is 4.36.